The fourth-order valence-electron chi connectivity index (χ4n) is 2.28. The van der Waals surface area contributed by atoms with Gasteiger partial charge in [0.1, 0.15) is 18.1 Å². The zero-order valence-electron chi connectivity index (χ0n) is 12.3. The SMILES string of the molecule is CC(NC(=O)c1ccc(COc2cccc(Br)c2)o1)C1CC1. The Morgan fingerprint density at radius 2 is 2.23 bits per heavy atom. The summed E-state index contributed by atoms with van der Waals surface area (Å²) in [6.07, 6.45) is 2.40. The third-order valence-electron chi connectivity index (χ3n) is 3.75. The monoisotopic (exact) mass is 363 g/mol. The zero-order valence-corrected chi connectivity index (χ0v) is 13.9. The van der Waals surface area contributed by atoms with Crippen molar-refractivity contribution in [2.24, 2.45) is 5.92 Å². The van der Waals surface area contributed by atoms with Gasteiger partial charge in [-0.15, -0.1) is 0 Å². The van der Waals surface area contributed by atoms with Gasteiger partial charge in [-0.3, -0.25) is 4.79 Å². The van der Waals surface area contributed by atoms with Crippen LogP contribution in [0.1, 0.15) is 36.1 Å². The molecule has 0 spiro atoms. The standard InChI is InChI=1S/C17H18BrNO3/c1-11(12-5-6-12)19-17(20)16-8-7-15(22-16)10-21-14-4-2-3-13(18)9-14/h2-4,7-9,11-12H,5-6,10H2,1H3,(H,19,20). The van der Waals surface area contributed by atoms with Crippen molar-refractivity contribution < 1.29 is 13.9 Å². The van der Waals surface area contributed by atoms with E-state index in [-0.39, 0.29) is 11.9 Å². The lowest BCUT2D eigenvalue weighted by molar-refractivity contribution is 0.0903. The number of carbonyl (C=O) groups excluding carboxylic acids is 1. The lowest BCUT2D eigenvalue weighted by Crippen LogP contribution is -2.33. The van der Waals surface area contributed by atoms with Crippen LogP contribution >= 0.6 is 15.9 Å². The summed E-state index contributed by atoms with van der Waals surface area (Å²) < 4.78 is 12.1. The van der Waals surface area contributed by atoms with Crippen LogP contribution in [-0.4, -0.2) is 11.9 Å². The van der Waals surface area contributed by atoms with E-state index >= 15 is 0 Å². The van der Waals surface area contributed by atoms with Gasteiger partial charge in [-0.2, -0.15) is 0 Å². The van der Waals surface area contributed by atoms with Crippen LogP contribution in [0.25, 0.3) is 0 Å². The number of nitrogens with one attached hydrogen (secondary N) is 1. The topological polar surface area (TPSA) is 51.5 Å². The summed E-state index contributed by atoms with van der Waals surface area (Å²) in [6, 6.07) is 11.3. The van der Waals surface area contributed by atoms with Crippen molar-refractivity contribution in [1.82, 2.24) is 5.32 Å². The van der Waals surface area contributed by atoms with Crippen LogP contribution in [0.15, 0.2) is 45.3 Å². The van der Waals surface area contributed by atoms with E-state index in [4.69, 9.17) is 9.15 Å². The van der Waals surface area contributed by atoms with Crippen LogP contribution in [0.3, 0.4) is 0 Å². The number of benzene rings is 1. The summed E-state index contributed by atoms with van der Waals surface area (Å²) >= 11 is 3.39. The van der Waals surface area contributed by atoms with Crippen LogP contribution in [0.2, 0.25) is 0 Å². The molecule has 0 bridgehead atoms. The Kier molecular flexibility index (Phi) is 4.52. The largest absolute Gasteiger partial charge is 0.486 e. The number of amides is 1. The van der Waals surface area contributed by atoms with Crippen molar-refractivity contribution in [2.75, 3.05) is 0 Å². The fraction of sp³-hybridized carbons (Fsp3) is 0.353. The molecule has 1 unspecified atom stereocenters. The predicted octanol–water partition coefficient (Wildman–Crippen LogP) is 4.15. The molecule has 2 aromatic rings. The molecule has 4 nitrogen and oxygen atoms in total. The van der Waals surface area contributed by atoms with Gasteiger partial charge in [-0.05, 0) is 56.0 Å². The Morgan fingerprint density at radius 1 is 1.41 bits per heavy atom. The van der Waals surface area contributed by atoms with E-state index < -0.39 is 0 Å². The molecule has 1 aliphatic carbocycles. The molecule has 0 saturated heterocycles. The molecule has 5 heteroatoms. The maximum Gasteiger partial charge on any atom is 0.287 e. The molecule has 1 N–H and O–H groups in total. The summed E-state index contributed by atoms with van der Waals surface area (Å²) in [7, 11) is 0. The van der Waals surface area contributed by atoms with Crippen LogP contribution in [0, 0.1) is 5.92 Å². The number of ether oxygens (including phenoxy) is 1. The maximum atomic E-state index is 12.1. The molecule has 1 aromatic carbocycles. The van der Waals surface area contributed by atoms with Crippen LogP contribution in [-0.2, 0) is 6.61 Å². The Morgan fingerprint density at radius 3 is 2.95 bits per heavy atom. The lowest BCUT2D eigenvalue weighted by atomic mass is 10.2. The Hall–Kier alpha value is -1.75. The van der Waals surface area contributed by atoms with Gasteiger partial charge in [0.25, 0.3) is 5.91 Å². The first-order chi connectivity index (χ1) is 10.6. The number of furan rings is 1. The Bertz CT molecular complexity index is 663. The molecule has 1 heterocycles. The van der Waals surface area contributed by atoms with E-state index in [0.717, 1.165) is 10.2 Å². The molecule has 1 atom stereocenters. The number of hydrogen-bond acceptors (Lipinski definition) is 3. The number of halogens is 1. The second kappa shape index (κ2) is 6.57. The summed E-state index contributed by atoms with van der Waals surface area (Å²) in [4.78, 5) is 12.1. The molecule has 1 saturated carbocycles. The summed E-state index contributed by atoms with van der Waals surface area (Å²) in [5.41, 5.74) is 0. The first-order valence-corrected chi connectivity index (χ1v) is 8.19. The minimum Gasteiger partial charge on any atom is -0.486 e. The van der Waals surface area contributed by atoms with Gasteiger partial charge in [-0.1, -0.05) is 22.0 Å². The molecular formula is C17H18BrNO3. The van der Waals surface area contributed by atoms with Crippen molar-refractivity contribution >= 4 is 21.8 Å². The highest BCUT2D eigenvalue weighted by molar-refractivity contribution is 9.10. The molecule has 0 aliphatic heterocycles. The van der Waals surface area contributed by atoms with Crippen molar-refractivity contribution in [3.63, 3.8) is 0 Å². The van der Waals surface area contributed by atoms with Gasteiger partial charge in [0, 0.05) is 10.5 Å². The van der Waals surface area contributed by atoms with E-state index in [9.17, 15) is 4.79 Å². The maximum absolute atomic E-state index is 12.1. The van der Waals surface area contributed by atoms with E-state index in [0.29, 0.717) is 24.0 Å². The van der Waals surface area contributed by atoms with E-state index in [2.05, 4.69) is 21.2 Å². The second-order valence-corrected chi connectivity index (χ2v) is 6.53. The molecule has 1 aromatic heterocycles. The average Bonchev–Trinajstić information content (AvgIpc) is 3.24. The van der Waals surface area contributed by atoms with Gasteiger partial charge in [0.05, 0.1) is 0 Å². The van der Waals surface area contributed by atoms with Gasteiger partial charge in [0.15, 0.2) is 5.76 Å². The van der Waals surface area contributed by atoms with Gasteiger partial charge < -0.3 is 14.5 Å². The third-order valence-corrected chi connectivity index (χ3v) is 4.24. The van der Waals surface area contributed by atoms with E-state index in [1.807, 2.05) is 31.2 Å². The highest BCUT2D eigenvalue weighted by atomic mass is 79.9. The van der Waals surface area contributed by atoms with Crippen LogP contribution < -0.4 is 10.1 Å². The van der Waals surface area contributed by atoms with E-state index in [1.54, 1.807) is 12.1 Å². The van der Waals surface area contributed by atoms with Crippen molar-refractivity contribution in [3.05, 3.63) is 52.4 Å². The van der Waals surface area contributed by atoms with Crippen molar-refractivity contribution in [2.45, 2.75) is 32.4 Å². The Labute approximate surface area is 138 Å². The quantitative estimate of drug-likeness (QED) is 0.838. The molecule has 1 fully saturated rings. The minimum atomic E-state index is -0.159. The molecule has 0 radical (unpaired) electrons. The highest BCUT2D eigenvalue weighted by Gasteiger charge is 2.29. The molecule has 116 valence electrons. The van der Waals surface area contributed by atoms with Crippen molar-refractivity contribution in [3.8, 4) is 5.75 Å². The first-order valence-electron chi connectivity index (χ1n) is 7.40. The highest BCUT2D eigenvalue weighted by Crippen LogP contribution is 2.32. The second-order valence-electron chi connectivity index (χ2n) is 5.61. The van der Waals surface area contributed by atoms with Crippen molar-refractivity contribution in [1.29, 1.82) is 0 Å². The Balaban J connectivity index is 1.55. The molecule has 1 aliphatic rings. The summed E-state index contributed by atoms with van der Waals surface area (Å²) in [6.45, 7) is 2.33. The fourth-order valence-corrected chi connectivity index (χ4v) is 2.66. The van der Waals surface area contributed by atoms with Gasteiger partial charge >= 0.3 is 0 Å². The molecule has 1 amide bonds. The van der Waals surface area contributed by atoms with Crippen LogP contribution in [0.4, 0.5) is 0 Å². The number of hydrogen-bond donors (Lipinski definition) is 1. The first kappa shape index (κ1) is 15.2. The summed E-state index contributed by atoms with van der Waals surface area (Å²) in [5, 5.41) is 2.97. The lowest BCUT2D eigenvalue weighted by Gasteiger charge is -2.11. The molecule has 3 rings (SSSR count). The van der Waals surface area contributed by atoms with Gasteiger partial charge in [0.2, 0.25) is 0 Å². The molecular weight excluding hydrogens is 346 g/mol. The predicted molar refractivity (Wildman–Crippen MR) is 86.8 cm³/mol. The third kappa shape index (κ3) is 3.91. The average molecular weight is 364 g/mol. The zero-order chi connectivity index (χ0) is 15.5. The van der Waals surface area contributed by atoms with Crippen LogP contribution in [0.5, 0.6) is 5.75 Å². The molecule has 22 heavy (non-hydrogen) atoms. The minimum absolute atomic E-state index is 0.159. The van der Waals surface area contributed by atoms with E-state index in [1.165, 1.54) is 12.8 Å². The number of rotatable bonds is 6. The summed E-state index contributed by atoms with van der Waals surface area (Å²) in [5.74, 6) is 2.18. The normalized spacial score (nSPS) is 15.4. The smallest absolute Gasteiger partial charge is 0.287 e. The van der Waals surface area contributed by atoms with Gasteiger partial charge in [-0.25, -0.2) is 0 Å². The number of carbonyl (C=O) groups is 1.